The summed E-state index contributed by atoms with van der Waals surface area (Å²) in [5, 5.41) is 3.68. The maximum atomic E-state index is 12.7. The first-order valence-electron chi connectivity index (χ1n) is 9.29. The molecule has 0 saturated heterocycles. The van der Waals surface area contributed by atoms with Gasteiger partial charge in [0.15, 0.2) is 5.75 Å². The van der Waals surface area contributed by atoms with Crippen molar-refractivity contribution >= 4 is 44.2 Å². The molecule has 0 spiro atoms. The summed E-state index contributed by atoms with van der Waals surface area (Å²) in [6.45, 7) is 1.87. The third-order valence-corrected chi connectivity index (χ3v) is 6.06. The Bertz CT molecular complexity index is 1390. The van der Waals surface area contributed by atoms with Crippen molar-refractivity contribution in [2.45, 2.75) is 11.8 Å². The topological polar surface area (TPSA) is 85.4 Å². The van der Waals surface area contributed by atoms with Gasteiger partial charge in [-0.25, -0.2) is 0 Å². The van der Waals surface area contributed by atoms with Gasteiger partial charge in [-0.1, -0.05) is 35.4 Å². The Morgan fingerprint density at radius 2 is 1.77 bits per heavy atom. The Kier molecular flexibility index (Phi) is 5.63. The zero-order valence-electron chi connectivity index (χ0n) is 16.4. The molecule has 0 aliphatic rings. The van der Waals surface area contributed by atoms with Crippen LogP contribution >= 0.6 is 11.6 Å². The summed E-state index contributed by atoms with van der Waals surface area (Å²) in [7, 11) is -4.03. The molecule has 31 heavy (non-hydrogen) atoms. The molecule has 1 aromatic heterocycles. The van der Waals surface area contributed by atoms with Gasteiger partial charge in [0.25, 0.3) is 5.91 Å². The molecule has 0 unspecified atom stereocenters. The third-order valence-electron chi connectivity index (χ3n) is 4.57. The number of benzene rings is 3. The van der Waals surface area contributed by atoms with E-state index < -0.39 is 10.1 Å². The van der Waals surface area contributed by atoms with Crippen LogP contribution in [0.5, 0.6) is 5.75 Å². The maximum absolute atomic E-state index is 12.7. The van der Waals surface area contributed by atoms with Crippen LogP contribution in [0.1, 0.15) is 15.9 Å². The Hall–Kier alpha value is -3.42. The van der Waals surface area contributed by atoms with Crippen molar-refractivity contribution in [1.29, 1.82) is 0 Å². The Morgan fingerprint density at radius 1 is 1.00 bits per heavy atom. The highest BCUT2D eigenvalue weighted by Crippen LogP contribution is 2.32. The van der Waals surface area contributed by atoms with Crippen LogP contribution in [0.25, 0.3) is 10.9 Å². The molecular weight excluding hydrogens is 436 g/mol. The van der Waals surface area contributed by atoms with E-state index in [2.05, 4.69) is 10.3 Å². The number of rotatable bonds is 5. The van der Waals surface area contributed by atoms with Crippen LogP contribution < -0.4 is 9.50 Å². The minimum absolute atomic E-state index is 0.0495. The number of hydrogen-bond acceptors (Lipinski definition) is 5. The van der Waals surface area contributed by atoms with Gasteiger partial charge in [-0.3, -0.25) is 9.78 Å². The lowest BCUT2D eigenvalue weighted by atomic mass is 10.1. The summed E-state index contributed by atoms with van der Waals surface area (Å²) in [6.07, 6.45) is 1.55. The molecule has 4 rings (SSSR count). The zero-order valence-corrected chi connectivity index (χ0v) is 17.9. The van der Waals surface area contributed by atoms with Crippen LogP contribution in [0.4, 0.5) is 5.69 Å². The molecule has 1 amide bonds. The van der Waals surface area contributed by atoms with Crippen LogP contribution in [0, 0.1) is 6.92 Å². The highest BCUT2D eigenvalue weighted by atomic mass is 35.5. The average Bonchev–Trinajstić information content (AvgIpc) is 2.75. The first-order chi connectivity index (χ1) is 14.8. The predicted octanol–water partition coefficient (Wildman–Crippen LogP) is 5.22. The minimum Gasteiger partial charge on any atom is -0.378 e. The molecule has 0 aliphatic carbocycles. The standard InChI is InChI=1S/C23H17ClN2O4S/c1-15-7-9-18(10-8-15)31(28,29)30-21-12-11-20(22-19(21)6-3-13-25-22)26-23(27)16-4-2-5-17(24)14-16/h2-14H,1H3,(H,26,27). The number of nitrogens with one attached hydrogen (secondary N) is 1. The number of aryl methyl sites for hydroxylation is 1. The number of anilines is 1. The zero-order chi connectivity index (χ0) is 22.0. The Balaban J connectivity index is 1.68. The number of fused-ring (bicyclic) bond motifs is 1. The van der Waals surface area contributed by atoms with Crippen molar-refractivity contribution in [2.24, 2.45) is 0 Å². The van der Waals surface area contributed by atoms with Gasteiger partial charge >= 0.3 is 10.1 Å². The first-order valence-corrected chi connectivity index (χ1v) is 11.1. The Labute approximate surface area is 184 Å². The van der Waals surface area contributed by atoms with Crippen molar-refractivity contribution < 1.29 is 17.4 Å². The van der Waals surface area contributed by atoms with Gasteiger partial charge in [0.2, 0.25) is 0 Å². The fourth-order valence-electron chi connectivity index (χ4n) is 3.02. The van der Waals surface area contributed by atoms with Gasteiger partial charge in [0, 0.05) is 22.2 Å². The molecule has 0 bridgehead atoms. The summed E-state index contributed by atoms with van der Waals surface area (Å²) in [6, 6.07) is 19.3. The van der Waals surface area contributed by atoms with Gasteiger partial charge in [0.1, 0.15) is 4.90 Å². The number of amides is 1. The van der Waals surface area contributed by atoms with Gasteiger partial charge in [-0.15, -0.1) is 0 Å². The molecule has 1 heterocycles. The number of pyridine rings is 1. The van der Waals surface area contributed by atoms with Crippen molar-refractivity contribution in [3.8, 4) is 5.75 Å². The molecule has 0 atom stereocenters. The number of nitrogens with zero attached hydrogens (tertiary/aromatic N) is 1. The average molecular weight is 453 g/mol. The van der Waals surface area contributed by atoms with Gasteiger partial charge < -0.3 is 9.50 Å². The molecule has 0 aliphatic heterocycles. The fourth-order valence-corrected chi connectivity index (χ4v) is 4.15. The second kappa shape index (κ2) is 8.37. The molecule has 0 radical (unpaired) electrons. The van der Waals surface area contributed by atoms with Crippen molar-refractivity contribution in [3.05, 3.63) is 95.1 Å². The lowest BCUT2D eigenvalue weighted by molar-refractivity contribution is 0.102. The monoisotopic (exact) mass is 452 g/mol. The van der Waals surface area contributed by atoms with Crippen LogP contribution in [0.2, 0.25) is 5.02 Å². The van der Waals surface area contributed by atoms with E-state index >= 15 is 0 Å². The molecule has 0 fully saturated rings. The van der Waals surface area contributed by atoms with Crippen LogP contribution in [-0.4, -0.2) is 19.3 Å². The van der Waals surface area contributed by atoms with Gasteiger partial charge in [-0.2, -0.15) is 8.42 Å². The molecule has 1 N–H and O–H groups in total. The van der Waals surface area contributed by atoms with Crippen molar-refractivity contribution in [2.75, 3.05) is 5.32 Å². The van der Waals surface area contributed by atoms with Crippen LogP contribution in [0.3, 0.4) is 0 Å². The largest absolute Gasteiger partial charge is 0.378 e. The number of carbonyl (C=O) groups excluding carboxylic acids is 1. The number of hydrogen-bond donors (Lipinski definition) is 1. The quantitative estimate of drug-likeness (QED) is 0.420. The second-order valence-corrected chi connectivity index (χ2v) is 8.81. The van der Waals surface area contributed by atoms with E-state index in [1.54, 1.807) is 60.8 Å². The molecule has 6 nitrogen and oxygen atoms in total. The van der Waals surface area contributed by atoms with E-state index in [1.807, 2.05) is 6.92 Å². The molecule has 0 saturated carbocycles. The Morgan fingerprint density at radius 3 is 2.52 bits per heavy atom. The summed E-state index contributed by atoms with van der Waals surface area (Å²) in [5.41, 5.74) is 2.14. The van der Waals surface area contributed by atoms with Crippen molar-refractivity contribution in [1.82, 2.24) is 4.98 Å². The van der Waals surface area contributed by atoms with E-state index in [0.717, 1.165) is 5.56 Å². The highest BCUT2D eigenvalue weighted by Gasteiger charge is 2.19. The molecule has 3 aromatic carbocycles. The number of halogens is 1. The lowest BCUT2D eigenvalue weighted by Crippen LogP contribution is -2.13. The second-order valence-electron chi connectivity index (χ2n) is 6.83. The highest BCUT2D eigenvalue weighted by molar-refractivity contribution is 7.87. The van der Waals surface area contributed by atoms with Gasteiger partial charge in [-0.05, 0) is 61.5 Å². The predicted molar refractivity (Wildman–Crippen MR) is 120 cm³/mol. The summed E-state index contributed by atoms with van der Waals surface area (Å²) in [4.78, 5) is 17.0. The maximum Gasteiger partial charge on any atom is 0.339 e. The third kappa shape index (κ3) is 4.52. The summed E-state index contributed by atoms with van der Waals surface area (Å²) >= 11 is 5.96. The lowest BCUT2D eigenvalue weighted by Gasteiger charge is -2.13. The fraction of sp³-hybridized carbons (Fsp3) is 0.0435. The van der Waals surface area contributed by atoms with E-state index in [-0.39, 0.29) is 16.6 Å². The number of aromatic nitrogens is 1. The SMILES string of the molecule is Cc1ccc(S(=O)(=O)Oc2ccc(NC(=O)c3cccc(Cl)c3)c3ncccc23)cc1. The van der Waals surface area contributed by atoms with Crippen LogP contribution in [-0.2, 0) is 10.1 Å². The normalized spacial score (nSPS) is 11.3. The van der Waals surface area contributed by atoms with Crippen LogP contribution in [0.15, 0.2) is 83.9 Å². The smallest absolute Gasteiger partial charge is 0.339 e. The summed E-state index contributed by atoms with van der Waals surface area (Å²) < 4.78 is 30.8. The summed E-state index contributed by atoms with van der Waals surface area (Å²) in [5.74, 6) is -0.250. The molecule has 4 aromatic rings. The molecular formula is C23H17ClN2O4S. The van der Waals surface area contributed by atoms with E-state index in [1.165, 1.54) is 18.2 Å². The molecule has 156 valence electrons. The van der Waals surface area contributed by atoms with E-state index in [0.29, 0.717) is 27.2 Å². The molecule has 8 heteroatoms. The van der Waals surface area contributed by atoms with Crippen molar-refractivity contribution in [3.63, 3.8) is 0 Å². The van der Waals surface area contributed by atoms with E-state index in [4.69, 9.17) is 15.8 Å². The number of carbonyl (C=O) groups is 1. The minimum atomic E-state index is -4.03. The first kappa shape index (κ1) is 20.8. The van der Waals surface area contributed by atoms with Gasteiger partial charge in [0.05, 0.1) is 11.2 Å². The van der Waals surface area contributed by atoms with E-state index in [9.17, 15) is 13.2 Å².